The lowest BCUT2D eigenvalue weighted by Crippen LogP contribution is -2.22. The minimum Gasteiger partial charge on any atom is -0.294 e. The molecule has 1 aliphatic carbocycles. The molecule has 1 aliphatic rings. The van der Waals surface area contributed by atoms with E-state index in [2.05, 4.69) is 15.3 Å². The van der Waals surface area contributed by atoms with Crippen LogP contribution in [0.4, 0.5) is 5.95 Å². The van der Waals surface area contributed by atoms with Crippen molar-refractivity contribution in [3.8, 4) is 0 Å². The average molecular weight is 378 g/mol. The maximum absolute atomic E-state index is 12.5. The van der Waals surface area contributed by atoms with Crippen LogP contribution < -0.4 is 5.32 Å². The number of nitrogens with one attached hydrogen (secondary N) is 1. The van der Waals surface area contributed by atoms with Crippen molar-refractivity contribution < 1.29 is 9.59 Å². The van der Waals surface area contributed by atoms with Gasteiger partial charge in [0.1, 0.15) is 0 Å². The third-order valence-electron chi connectivity index (χ3n) is 4.62. The van der Waals surface area contributed by atoms with Crippen molar-refractivity contribution in [2.45, 2.75) is 18.8 Å². The van der Waals surface area contributed by atoms with Crippen LogP contribution in [0.5, 0.6) is 0 Å². The fourth-order valence-electron chi connectivity index (χ4n) is 3.27. The minimum atomic E-state index is -0.348. The summed E-state index contributed by atoms with van der Waals surface area (Å²) in [5, 5.41) is 3.15. The van der Waals surface area contributed by atoms with Gasteiger partial charge in [0.05, 0.1) is 11.3 Å². The summed E-state index contributed by atoms with van der Waals surface area (Å²) in [5.41, 5.74) is 2.72. The molecule has 1 heterocycles. The molecule has 2 aromatic carbocycles. The quantitative estimate of drug-likeness (QED) is 0.738. The van der Waals surface area contributed by atoms with E-state index in [1.54, 1.807) is 24.3 Å². The standard InChI is InChI=1S/C21H16ClN3O2/c22-16-8-4-7-14(9-16)20(27)25-21-23-12-17-18(24-21)10-15(11-19(17)26)13-5-2-1-3-6-13/h1-9,12,15H,10-11H2,(H,23,24,25,27). The number of anilines is 1. The molecule has 134 valence electrons. The fraction of sp³-hybridized carbons (Fsp3) is 0.143. The number of carbonyl (C=O) groups is 2. The average Bonchev–Trinajstić information content (AvgIpc) is 2.68. The maximum atomic E-state index is 12.5. The van der Waals surface area contributed by atoms with Crippen molar-refractivity contribution >= 4 is 29.2 Å². The number of benzene rings is 2. The summed E-state index contributed by atoms with van der Waals surface area (Å²) in [5.74, 6) is -0.0603. The lowest BCUT2D eigenvalue weighted by atomic mass is 9.82. The van der Waals surface area contributed by atoms with Gasteiger partial charge in [0.15, 0.2) is 5.78 Å². The van der Waals surface area contributed by atoms with E-state index in [0.29, 0.717) is 34.7 Å². The SMILES string of the molecule is O=C(Nc1ncc2c(n1)CC(c1ccccc1)CC2=O)c1cccc(Cl)c1. The Balaban J connectivity index is 1.58. The van der Waals surface area contributed by atoms with E-state index < -0.39 is 0 Å². The molecule has 1 unspecified atom stereocenters. The molecule has 5 nitrogen and oxygen atoms in total. The Morgan fingerprint density at radius 3 is 2.67 bits per heavy atom. The molecule has 1 atom stereocenters. The molecular formula is C21H16ClN3O2. The van der Waals surface area contributed by atoms with E-state index >= 15 is 0 Å². The number of rotatable bonds is 3. The Hall–Kier alpha value is -3.05. The number of fused-ring (bicyclic) bond motifs is 1. The Labute approximate surface area is 161 Å². The predicted octanol–water partition coefficient (Wildman–Crippen LogP) is 4.30. The van der Waals surface area contributed by atoms with Gasteiger partial charge in [-0.2, -0.15) is 0 Å². The number of ketones is 1. The first-order valence-electron chi connectivity index (χ1n) is 8.61. The van der Waals surface area contributed by atoms with E-state index in [9.17, 15) is 9.59 Å². The second kappa shape index (κ2) is 7.29. The number of nitrogens with zero attached hydrogens (tertiary/aromatic N) is 2. The molecule has 1 N–H and O–H groups in total. The van der Waals surface area contributed by atoms with Crippen LogP contribution in [0.3, 0.4) is 0 Å². The summed E-state index contributed by atoms with van der Waals surface area (Å²) in [6.45, 7) is 0. The molecule has 4 rings (SSSR count). The van der Waals surface area contributed by atoms with Crippen molar-refractivity contribution in [2.24, 2.45) is 0 Å². The summed E-state index contributed by atoms with van der Waals surface area (Å²) in [4.78, 5) is 33.4. The number of hydrogen-bond donors (Lipinski definition) is 1. The molecule has 0 aliphatic heterocycles. The number of Topliss-reactive ketones (excluding diaryl/α,β-unsaturated/α-hetero) is 1. The number of carbonyl (C=O) groups excluding carboxylic acids is 2. The van der Waals surface area contributed by atoms with Gasteiger partial charge in [0.25, 0.3) is 5.91 Å². The molecular weight excluding hydrogens is 362 g/mol. The number of halogens is 1. The van der Waals surface area contributed by atoms with Crippen LogP contribution in [-0.2, 0) is 6.42 Å². The van der Waals surface area contributed by atoms with Crippen LogP contribution in [-0.4, -0.2) is 21.7 Å². The molecule has 0 saturated carbocycles. The Morgan fingerprint density at radius 1 is 1.07 bits per heavy atom. The number of aromatic nitrogens is 2. The van der Waals surface area contributed by atoms with Crippen molar-refractivity contribution in [1.82, 2.24) is 9.97 Å². The third-order valence-corrected chi connectivity index (χ3v) is 4.86. The van der Waals surface area contributed by atoms with E-state index in [-0.39, 0.29) is 23.6 Å². The van der Waals surface area contributed by atoms with Gasteiger partial charge in [-0.1, -0.05) is 48.0 Å². The molecule has 1 amide bonds. The number of hydrogen-bond acceptors (Lipinski definition) is 4. The van der Waals surface area contributed by atoms with Gasteiger partial charge in [0.2, 0.25) is 5.95 Å². The second-order valence-corrected chi connectivity index (χ2v) is 6.89. The zero-order chi connectivity index (χ0) is 18.8. The highest BCUT2D eigenvalue weighted by Crippen LogP contribution is 2.31. The summed E-state index contributed by atoms with van der Waals surface area (Å²) in [6, 6.07) is 16.6. The molecule has 6 heteroatoms. The van der Waals surface area contributed by atoms with Gasteiger partial charge in [-0.05, 0) is 36.1 Å². The highest BCUT2D eigenvalue weighted by molar-refractivity contribution is 6.31. The van der Waals surface area contributed by atoms with Gasteiger partial charge in [-0.3, -0.25) is 14.9 Å². The zero-order valence-corrected chi connectivity index (χ0v) is 15.1. The van der Waals surface area contributed by atoms with Crippen molar-refractivity contribution in [1.29, 1.82) is 0 Å². The van der Waals surface area contributed by atoms with Gasteiger partial charge >= 0.3 is 0 Å². The molecule has 27 heavy (non-hydrogen) atoms. The third kappa shape index (κ3) is 3.73. The first-order valence-corrected chi connectivity index (χ1v) is 8.99. The molecule has 0 bridgehead atoms. The van der Waals surface area contributed by atoms with Crippen LogP contribution >= 0.6 is 11.6 Å². The lowest BCUT2D eigenvalue weighted by Gasteiger charge is -2.23. The van der Waals surface area contributed by atoms with Crippen molar-refractivity contribution in [3.05, 3.63) is 88.2 Å². The molecule has 0 fully saturated rings. The summed E-state index contributed by atoms with van der Waals surface area (Å²) >= 11 is 5.93. The smallest absolute Gasteiger partial charge is 0.258 e. The summed E-state index contributed by atoms with van der Waals surface area (Å²) in [6.07, 6.45) is 2.57. The highest BCUT2D eigenvalue weighted by atomic mass is 35.5. The van der Waals surface area contributed by atoms with Crippen LogP contribution in [0.25, 0.3) is 0 Å². The maximum Gasteiger partial charge on any atom is 0.258 e. The molecule has 0 spiro atoms. The minimum absolute atomic E-state index is 0.0258. The summed E-state index contributed by atoms with van der Waals surface area (Å²) < 4.78 is 0. The van der Waals surface area contributed by atoms with E-state index in [1.165, 1.54) is 6.20 Å². The van der Waals surface area contributed by atoms with E-state index in [1.807, 2.05) is 30.3 Å². The Morgan fingerprint density at radius 2 is 1.89 bits per heavy atom. The topological polar surface area (TPSA) is 72.0 Å². The van der Waals surface area contributed by atoms with Crippen molar-refractivity contribution in [3.63, 3.8) is 0 Å². The van der Waals surface area contributed by atoms with Gasteiger partial charge < -0.3 is 0 Å². The van der Waals surface area contributed by atoms with Crippen LogP contribution in [0.2, 0.25) is 5.02 Å². The van der Waals surface area contributed by atoms with Crippen LogP contribution in [0, 0.1) is 0 Å². The van der Waals surface area contributed by atoms with E-state index in [4.69, 9.17) is 11.6 Å². The second-order valence-electron chi connectivity index (χ2n) is 6.46. The monoisotopic (exact) mass is 377 g/mol. The zero-order valence-electron chi connectivity index (χ0n) is 14.4. The summed E-state index contributed by atoms with van der Waals surface area (Å²) in [7, 11) is 0. The lowest BCUT2D eigenvalue weighted by molar-refractivity contribution is 0.0962. The molecule has 3 aromatic rings. The first-order chi connectivity index (χ1) is 13.1. The Bertz CT molecular complexity index is 1020. The van der Waals surface area contributed by atoms with Gasteiger partial charge in [0, 0.05) is 23.2 Å². The number of amides is 1. The normalized spacial score (nSPS) is 15.9. The highest BCUT2D eigenvalue weighted by Gasteiger charge is 2.28. The largest absolute Gasteiger partial charge is 0.294 e. The predicted molar refractivity (Wildman–Crippen MR) is 103 cm³/mol. The van der Waals surface area contributed by atoms with Gasteiger partial charge in [-0.25, -0.2) is 9.97 Å². The van der Waals surface area contributed by atoms with Gasteiger partial charge in [-0.15, -0.1) is 0 Å². The molecule has 0 saturated heterocycles. The van der Waals surface area contributed by atoms with E-state index in [0.717, 1.165) is 5.56 Å². The van der Waals surface area contributed by atoms with Crippen molar-refractivity contribution in [2.75, 3.05) is 5.32 Å². The molecule has 1 aromatic heterocycles. The Kier molecular flexibility index (Phi) is 4.69. The van der Waals surface area contributed by atoms with Crippen LogP contribution in [0.15, 0.2) is 60.8 Å². The molecule has 0 radical (unpaired) electrons. The first kappa shape index (κ1) is 17.4. The fourth-order valence-corrected chi connectivity index (χ4v) is 3.46. The van der Waals surface area contributed by atoms with Crippen LogP contribution in [0.1, 0.15) is 44.3 Å².